The van der Waals surface area contributed by atoms with Gasteiger partial charge in [-0.25, -0.2) is 0 Å². The molecule has 0 unspecified atom stereocenters. The molecule has 0 aliphatic carbocycles. The molecule has 1 fully saturated rings. The zero-order valence-corrected chi connectivity index (χ0v) is 26.5. The summed E-state index contributed by atoms with van der Waals surface area (Å²) in [4.78, 5) is 51.6. The van der Waals surface area contributed by atoms with Crippen LogP contribution < -0.4 is 27.4 Å². The molecular weight excluding hydrogens is 576 g/mol. The zero-order chi connectivity index (χ0) is 33.4. The molecule has 0 saturated carbocycles. The smallest absolute Gasteiger partial charge is 0.305 e. The highest BCUT2D eigenvalue weighted by Gasteiger charge is 2.46. The highest BCUT2D eigenvalue weighted by molar-refractivity contribution is 6.00. The van der Waals surface area contributed by atoms with E-state index in [0.29, 0.717) is 34.7 Å². The number of nitrogens with two attached hydrogens (primary N) is 2. The molecule has 1 aromatic rings. The van der Waals surface area contributed by atoms with Crippen LogP contribution in [0.3, 0.4) is 0 Å². The van der Waals surface area contributed by atoms with E-state index in [1.54, 1.807) is 13.0 Å². The molecule has 1 aromatic heterocycles. The number of carbonyl (C=O) groups excluding carboxylic acids is 2. The van der Waals surface area contributed by atoms with Crippen LogP contribution in [0.25, 0.3) is 6.08 Å². The summed E-state index contributed by atoms with van der Waals surface area (Å²) in [6, 6.07) is -1.28. The van der Waals surface area contributed by atoms with Gasteiger partial charge in [-0.15, -0.1) is 0 Å². The van der Waals surface area contributed by atoms with Crippen molar-refractivity contribution in [2.24, 2.45) is 23.3 Å². The monoisotopic (exact) mass is 620 g/mol. The standard InChI is InChI=1S/C33H44N6O6/c1-7-19-17(5)31(44)39-25(19)12-24-18(6)33(35,27(34)14-30(42)43)28(37-24)13-26-21(9-10-29(40)41)16(4)22(36-26)11-23-15(3)20(8-2)32(45)38-23/h8,12-13,17,19,23,27,36-37H,2,7,9-11,14,34-35H2,1,3-6H3,(H,38,45)(H,39,44)(H,40,41)(H,42,43)/b25-12-,28-13-/t17-,19-,23-,27+,33-/m1/s1. The Labute approximate surface area is 262 Å². The van der Waals surface area contributed by atoms with Crippen molar-refractivity contribution < 1.29 is 29.4 Å². The van der Waals surface area contributed by atoms with Crippen molar-refractivity contribution in [1.82, 2.24) is 20.9 Å². The predicted molar refractivity (Wildman–Crippen MR) is 170 cm³/mol. The number of hydrogen-bond donors (Lipinski definition) is 8. The molecule has 2 amide bonds. The average Bonchev–Trinajstić information content (AvgIpc) is 3.59. The Morgan fingerprint density at radius 1 is 1.11 bits per heavy atom. The van der Waals surface area contributed by atoms with Gasteiger partial charge in [-0.3, -0.25) is 19.2 Å². The third kappa shape index (κ3) is 6.25. The van der Waals surface area contributed by atoms with E-state index in [1.807, 2.05) is 33.8 Å². The summed E-state index contributed by atoms with van der Waals surface area (Å²) < 4.78 is 0. The van der Waals surface area contributed by atoms with Crippen molar-refractivity contribution in [2.45, 2.75) is 84.3 Å². The van der Waals surface area contributed by atoms with Gasteiger partial charge in [0.2, 0.25) is 5.91 Å². The molecule has 0 spiro atoms. The fourth-order valence-electron chi connectivity index (χ4n) is 6.68. The molecule has 12 heteroatoms. The van der Waals surface area contributed by atoms with Crippen molar-refractivity contribution >= 4 is 29.8 Å². The van der Waals surface area contributed by atoms with Gasteiger partial charge in [0.1, 0.15) is 0 Å². The van der Waals surface area contributed by atoms with Crippen LogP contribution in [0.4, 0.5) is 0 Å². The molecule has 242 valence electrons. The van der Waals surface area contributed by atoms with Gasteiger partial charge in [0.15, 0.2) is 0 Å². The summed E-state index contributed by atoms with van der Waals surface area (Å²) in [5, 5.41) is 28.4. The van der Waals surface area contributed by atoms with Crippen LogP contribution in [0.5, 0.6) is 0 Å². The maximum absolute atomic E-state index is 12.5. The number of nitrogens with one attached hydrogen (secondary N) is 4. The Kier molecular flexibility index (Phi) is 9.59. The Balaban J connectivity index is 1.81. The number of carboxylic acid groups (broad SMARTS) is 2. The number of carbonyl (C=O) groups is 4. The third-order valence-corrected chi connectivity index (χ3v) is 9.65. The van der Waals surface area contributed by atoms with Gasteiger partial charge in [0, 0.05) is 64.8 Å². The molecule has 5 atom stereocenters. The molecule has 4 rings (SSSR count). The number of H-pyrrole nitrogens is 1. The quantitative estimate of drug-likeness (QED) is 0.172. The first kappa shape index (κ1) is 33.5. The fraction of sp³-hybridized carbons (Fsp3) is 0.455. The molecule has 45 heavy (non-hydrogen) atoms. The van der Waals surface area contributed by atoms with Crippen LogP contribution >= 0.6 is 0 Å². The molecule has 0 bridgehead atoms. The van der Waals surface area contributed by atoms with Crippen LogP contribution in [-0.4, -0.2) is 56.6 Å². The maximum Gasteiger partial charge on any atom is 0.305 e. The van der Waals surface area contributed by atoms with Crippen molar-refractivity contribution in [3.8, 4) is 0 Å². The van der Waals surface area contributed by atoms with Gasteiger partial charge in [-0.2, -0.15) is 0 Å². The lowest BCUT2D eigenvalue weighted by Crippen LogP contribution is -2.57. The number of allylic oxidation sites excluding steroid dienone is 2. The Bertz CT molecular complexity index is 1580. The summed E-state index contributed by atoms with van der Waals surface area (Å²) in [5.41, 5.74) is 18.9. The summed E-state index contributed by atoms with van der Waals surface area (Å²) in [6.45, 7) is 13.2. The van der Waals surface area contributed by atoms with Gasteiger partial charge in [0.05, 0.1) is 18.0 Å². The van der Waals surface area contributed by atoms with E-state index >= 15 is 0 Å². The zero-order valence-electron chi connectivity index (χ0n) is 26.5. The molecule has 0 aromatic carbocycles. The van der Waals surface area contributed by atoms with Crippen LogP contribution in [0.2, 0.25) is 0 Å². The number of rotatable bonds is 12. The largest absolute Gasteiger partial charge is 0.481 e. The number of aliphatic carboxylic acids is 2. The number of aromatic nitrogens is 1. The van der Waals surface area contributed by atoms with E-state index in [2.05, 4.69) is 27.5 Å². The molecule has 4 heterocycles. The van der Waals surface area contributed by atoms with E-state index < -0.39 is 29.9 Å². The topological polar surface area (TPSA) is 213 Å². The van der Waals surface area contributed by atoms with Crippen LogP contribution in [0.1, 0.15) is 69.5 Å². The van der Waals surface area contributed by atoms with Crippen molar-refractivity contribution in [1.29, 1.82) is 0 Å². The predicted octanol–water partition coefficient (Wildman–Crippen LogP) is 2.28. The van der Waals surface area contributed by atoms with Gasteiger partial charge < -0.3 is 42.6 Å². The number of carboxylic acids is 2. The highest BCUT2D eigenvalue weighted by Crippen LogP contribution is 2.39. The van der Waals surface area contributed by atoms with Gasteiger partial charge in [-0.1, -0.05) is 26.5 Å². The van der Waals surface area contributed by atoms with Crippen molar-refractivity contribution in [2.75, 3.05) is 0 Å². The molecule has 3 aliphatic rings. The lowest BCUT2D eigenvalue weighted by atomic mass is 9.81. The van der Waals surface area contributed by atoms with Gasteiger partial charge in [-0.05, 0) is 68.0 Å². The highest BCUT2D eigenvalue weighted by atomic mass is 16.4. The first-order valence-corrected chi connectivity index (χ1v) is 15.2. The van der Waals surface area contributed by atoms with E-state index in [9.17, 15) is 29.4 Å². The normalized spacial score (nSPS) is 27.3. The third-order valence-electron chi connectivity index (χ3n) is 9.65. The lowest BCUT2D eigenvalue weighted by Gasteiger charge is -2.33. The molecular formula is C33H44N6O6. The molecule has 12 nitrogen and oxygen atoms in total. The number of hydrogen-bond acceptors (Lipinski definition) is 7. The van der Waals surface area contributed by atoms with Crippen molar-refractivity contribution in [3.63, 3.8) is 0 Å². The molecule has 10 N–H and O–H groups in total. The Morgan fingerprint density at radius 3 is 2.38 bits per heavy atom. The first-order chi connectivity index (χ1) is 21.1. The molecule has 0 radical (unpaired) electrons. The number of aromatic amines is 1. The van der Waals surface area contributed by atoms with Crippen LogP contribution in [0, 0.1) is 18.8 Å². The molecule has 3 aliphatic heterocycles. The Morgan fingerprint density at radius 2 is 1.80 bits per heavy atom. The summed E-state index contributed by atoms with van der Waals surface area (Å²) >= 11 is 0. The lowest BCUT2D eigenvalue weighted by molar-refractivity contribution is -0.138. The van der Waals surface area contributed by atoms with E-state index in [-0.39, 0.29) is 42.5 Å². The first-order valence-electron chi connectivity index (χ1n) is 15.2. The van der Waals surface area contributed by atoms with E-state index in [4.69, 9.17) is 11.5 Å². The van der Waals surface area contributed by atoms with Crippen molar-refractivity contribution in [3.05, 3.63) is 75.1 Å². The van der Waals surface area contributed by atoms with E-state index in [1.165, 1.54) is 6.08 Å². The summed E-state index contributed by atoms with van der Waals surface area (Å²) in [7, 11) is 0. The van der Waals surface area contributed by atoms with Gasteiger partial charge >= 0.3 is 11.9 Å². The summed E-state index contributed by atoms with van der Waals surface area (Å²) in [5.74, 6) is -2.52. The number of amides is 2. The van der Waals surface area contributed by atoms with Crippen LogP contribution in [-0.2, 0) is 32.0 Å². The minimum absolute atomic E-state index is 0.0149. The second-order valence-electron chi connectivity index (χ2n) is 12.2. The SMILES string of the molecule is C=CC1=C(C)[C@@H](Cc2[nH]c(/C=C3\NC(/C=C4\NC(=O)[C@H](C)[C@H]4CC)=C(C)[C@@]3(N)[C@@H](N)CC(=O)O)c(CCC(=O)O)c2C)NC1=O. The van der Waals surface area contributed by atoms with Crippen LogP contribution in [0.15, 0.2) is 52.5 Å². The Hall–Kier alpha value is -4.42. The second-order valence-corrected chi connectivity index (χ2v) is 12.2. The minimum Gasteiger partial charge on any atom is -0.481 e. The van der Waals surface area contributed by atoms with Gasteiger partial charge in [0.25, 0.3) is 5.91 Å². The fourth-order valence-corrected chi connectivity index (χ4v) is 6.68. The second kappa shape index (κ2) is 12.9. The molecule has 1 saturated heterocycles. The minimum atomic E-state index is -1.42. The maximum atomic E-state index is 12.5. The summed E-state index contributed by atoms with van der Waals surface area (Å²) in [6.07, 6.45) is 6.04. The van der Waals surface area contributed by atoms with E-state index in [0.717, 1.165) is 34.5 Å². The average molecular weight is 621 g/mol.